The third kappa shape index (κ3) is 4.05. The number of halogens is 3. The number of hydrogen-bond donors (Lipinski definition) is 3. The Bertz CT molecular complexity index is 1200. The van der Waals surface area contributed by atoms with Crippen LogP contribution < -0.4 is 10.6 Å². The van der Waals surface area contributed by atoms with Crippen molar-refractivity contribution in [2.45, 2.75) is 24.9 Å². The zero-order valence-electron chi connectivity index (χ0n) is 17.0. The van der Waals surface area contributed by atoms with Gasteiger partial charge >= 0.3 is 12.2 Å². The van der Waals surface area contributed by atoms with Gasteiger partial charge in [0.1, 0.15) is 23.5 Å². The number of ketones is 2. The summed E-state index contributed by atoms with van der Waals surface area (Å²) in [5, 5.41) is 15.8. The summed E-state index contributed by atoms with van der Waals surface area (Å²) in [5.74, 6) is -3.21. The SMILES string of the molecule is CC(=O)c1ccc(-c2ccc([C@@H]3NC(=O)N[C@](O)(C(F)(F)F)[C@H]3C(=O)c3cccs3)o2)cc1. The number of rotatable bonds is 5. The Labute approximate surface area is 189 Å². The Morgan fingerprint density at radius 2 is 1.82 bits per heavy atom. The average Bonchev–Trinajstić information content (AvgIpc) is 3.44. The van der Waals surface area contributed by atoms with Crippen molar-refractivity contribution in [2.75, 3.05) is 0 Å². The number of benzene rings is 1. The highest BCUT2D eigenvalue weighted by Crippen LogP contribution is 2.45. The third-order valence-corrected chi connectivity index (χ3v) is 6.25. The first-order chi connectivity index (χ1) is 15.5. The van der Waals surface area contributed by atoms with Gasteiger partial charge in [0.05, 0.1) is 4.88 Å². The van der Waals surface area contributed by atoms with Gasteiger partial charge in [0, 0.05) is 11.1 Å². The molecule has 2 amide bonds. The second-order valence-electron chi connectivity index (χ2n) is 7.50. The molecule has 172 valence electrons. The molecule has 1 fully saturated rings. The molecule has 0 aliphatic carbocycles. The van der Waals surface area contributed by atoms with Crippen molar-refractivity contribution < 1.29 is 37.1 Å². The minimum Gasteiger partial charge on any atom is -0.459 e. The standard InChI is InChI=1S/C22H17F3N2O5S/c1-11(28)12-4-6-13(7-5-12)14-8-9-15(32-14)18-17(19(29)16-3-2-10-33-16)21(31,22(23,24)25)27-20(30)26-18/h2-10,17-18,31H,1H3,(H2,26,27,30)/t17-,18+,21-/m1/s1. The maximum atomic E-state index is 13.9. The zero-order chi connectivity index (χ0) is 24.0. The van der Waals surface area contributed by atoms with Crippen LogP contribution >= 0.6 is 11.3 Å². The van der Waals surface area contributed by atoms with E-state index in [1.54, 1.807) is 24.3 Å². The number of nitrogens with one attached hydrogen (secondary N) is 2. The summed E-state index contributed by atoms with van der Waals surface area (Å²) in [6.45, 7) is 1.41. The zero-order valence-corrected chi connectivity index (χ0v) is 17.8. The molecule has 4 rings (SSSR count). The van der Waals surface area contributed by atoms with Gasteiger partial charge in [-0.15, -0.1) is 11.3 Å². The summed E-state index contributed by atoms with van der Waals surface area (Å²) in [5.41, 5.74) is -2.83. The van der Waals surface area contributed by atoms with Gasteiger partial charge in [0.2, 0.25) is 5.72 Å². The van der Waals surface area contributed by atoms with Gasteiger partial charge in [-0.25, -0.2) is 4.79 Å². The first-order valence-corrected chi connectivity index (χ1v) is 10.6. The van der Waals surface area contributed by atoms with Crippen molar-refractivity contribution in [3.63, 3.8) is 0 Å². The van der Waals surface area contributed by atoms with Crippen LogP contribution in [-0.2, 0) is 0 Å². The molecular formula is C22H17F3N2O5S. The van der Waals surface area contributed by atoms with E-state index in [2.05, 4.69) is 5.32 Å². The molecule has 2 aromatic heterocycles. The number of urea groups is 1. The second-order valence-corrected chi connectivity index (χ2v) is 8.44. The summed E-state index contributed by atoms with van der Waals surface area (Å²) in [6.07, 6.45) is -5.35. The Morgan fingerprint density at radius 3 is 2.39 bits per heavy atom. The van der Waals surface area contributed by atoms with Crippen LogP contribution in [0.3, 0.4) is 0 Å². The topological polar surface area (TPSA) is 109 Å². The van der Waals surface area contributed by atoms with Crippen molar-refractivity contribution in [2.24, 2.45) is 5.92 Å². The van der Waals surface area contributed by atoms with E-state index in [1.807, 2.05) is 0 Å². The highest BCUT2D eigenvalue weighted by Gasteiger charge is 2.67. The number of amides is 2. The quantitative estimate of drug-likeness (QED) is 0.474. The fourth-order valence-electron chi connectivity index (χ4n) is 3.69. The Hall–Kier alpha value is -3.44. The third-order valence-electron chi connectivity index (χ3n) is 5.36. The molecular weight excluding hydrogens is 461 g/mol. The van der Waals surface area contributed by atoms with E-state index in [0.717, 1.165) is 11.3 Å². The highest BCUT2D eigenvalue weighted by molar-refractivity contribution is 7.12. The van der Waals surface area contributed by atoms with E-state index in [0.29, 0.717) is 11.1 Å². The fraction of sp³-hybridized carbons (Fsp3) is 0.227. The van der Waals surface area contributed by atoms with Crippen molar-refractivity contribution in [1.82, 2.24) is 10.6 Å². The largest absolute Gasteiger partial charge is 0.459 e. The van der Waals surface area contributed by atoms with Crippen LogP contribution in [0.4, 0.5) is 18.0 Å². The molecule has 1 saturated heterocycles. The molecule has 1 aromatic carbocycles. The number of carbonyl (C=O) groups excluding carboxylic acids is 3. The van der Waals surface area contributed by atoms with E-state index in [9.17, 15) is 32.7 Å². The molecule has 3 heterocycles. The summed E-state index contributed by atoms with van der Waals surface area (Å²) in [4.78, 5) is 36.6. The number of hydrogen-bond acceptors (Lipinski definition) is 6. The molecule has 33 heavy (non-hydrogen) atoms. The number of thiophene rings is 1. The molecule has 0 radical (unpaired) electrons. The van der Waals surface area contributed by atoms with Gasteiger partial charge in [-0.2, -0.15) is 13.2 Å². The minimum atomic E-state index is -5.35. The molecule has 1 aliphatic rings. The van der Waals surface area contributed by atoms with Crippen LogP contribution in [0, 0.1) is 5.92 Å². The molecule has 1 aliphatic heterocycles. The van der Waals surface area contributed by atoms with Crippen LogP contribution in [0.15, 0.2) is 58.3 Å². The lowest BCUT2D eigenvalue weighted by Gasteiger charge is -2.44. The van der Waals surface area contributed by atoms with E-state index in [-0.39, 0.29) is 22.2 Å². The van der Waals surface area contributed by atoms with Gasteiger partial charge in [-0.05, 0) is 30.5 Å². The Morgan fingerprint density at radius 1 is 1.12 bits per heavy atom. The molecule has 11 heteroatoms. The normalized spacial score (nSPS) is 23.0. The van der Waals surface area contributed by atoms with Crippen molar-refractivity contribution in [3.05, 3.63) is 70.1 Å². The van der Waals surface area contributed by atoms with Gasteiger partial charge in [0.15, 0.2) is 11.6 Å². The maximum Gasteiger partial charge on any atom is 0.437 e. The summed E-state index contributed by atoms with van der Waals surface area (Å²) >= 11 is 0.913. The fourth-order valence-corrected chi connectivity index (χ4v) is 4.40. The van der Waals surface area contributed by atoms with Crippen LogP contribution in [0.5, 0.6) is 0 Å². The Kier molecular flexibility index (Phi) is 5.62. The first kappa shape index (κ1) is 22.7. The van der Waals surface area contributed by atoms with Crippen LogP contribution in [0.2, 0.25) is 0 Å². The van der Waals surface area contributed by atoms with Crippen LogP contribution in [0.25, 0.3) is 11.3 Å². The maximum absolute atomic E-state index is 13.9. The molecule has 3 aromatic rings. The lowest BCUT2D eigenvalue weighted by atomic mass is 9.80. The van der Waals surface area contributed by atoms with Gasteiger partial charge < -0.3 is 20.2 Å². The number of Topliss-reactive ketones (excluding diaryl/α,β-unsaturated/α-hetero) is 2. The predicted octanol–water partition coefficient (Wildman–Crippen LogP) is 4.31. The van der Waals surface area contributed by atoms with E-state index < -0.39 is 35.7 Å². The van der Waals surface area contributed by atoms with Crippen molar-refractivity contribution >= 4 is 28.9 Å². The molecule has 7 nitrogen and oxygen atoms in total. The number of alkyl halides is 3. The van der Waals surface area contributed by atoms with Crippen LogP contribution in [0.1, 0.15) is 38.8 Å². The predicted molar refractivity (Wildman–Crippen MR) is 112 cm³/mol. The monoisotopic (exact) mass is 478 g/mol. The van der Waals surface area contributed by atoms with Crippen LogP contribution in [-0.4, -0.2) is 34.6 Å². The summed E-state index contributed by atoms with van der Waals surface area (Å²) < 4.78 is 47.4. The number of furan rings is 1. The van der Waals surface area contributed by atoms with Crippen molar-refractivity contribution in [1.29, 1.82) is 0 Å². The molecule has 0 spiro atoms. The molecule has 3 atom stereocenters. The molecule has 0 unspecified atom stereocenters. The van der Waals surface area contributed by atoms with Gasteiger partial charge in [0.25, 0.3) is 0 Å². The minimum absolute atomic E-state index is 0.0165. The second kappa shape index (κ2) is 8.16. The molecule has 0 saturated carbocycles. The molecule has 3 N–H and O–H groups in total. The van der Waals surface area contributed by atoms with Gasteiger partial charge in [-0.3, -0.25) is 9.59 Å². The lowest BCUT2D eigenvalue weighted by Crippen LogP contribution is -2.72. The van der Waals surface area contributed by atoms with E-state index >= 15 is 0 Å². The number of aliphatic hydroxyl groups is 1. The van der Waals surface area contributed by atoms with Crippen molar-refractivity contribution in [3.8, 4) is 11.3 Å². The smallest absolute Gasteiger partial charge is 0.437 e. The summed E-state index contributed by atoms with van der Waals surface area (Å²) in [7, 11) is 0. The average molecular weight is 478 g/mol. The summed E-state index contributed by atoms with van der Waals surface area (Å²) in [6, 6.07) is 9.04. The lowest BCUT2D eigenvalue weighted by molar-refractivity contribution is -0.287. The number of carbonyl (C=O) groups is 3. The first-order valence-electron chi connectivity index (χ1n) is 9.68. The van der Waals surface area contributed by atoms with Gasteiger partial charge in [-0.1, -0.05) is 30.3 Å². The van der Waals surface area contributed by atoms with E-state index in [4.69, 9.17) is 4.42 Å². The Balaban J connectivity index is 1.76. The molecule has 0 bridgehead atoms. The van der Waals surface area contributed by atoms with E-state index in [1.165, 1.54) is 41.9 Å². The highest BCUT2D eigenvalue weighted by atomic mass is 32.1.